The lowest BCUT2D eigenvalue weighted by Crippen LogP contribution is -2.53. The van der Waals surface area contributed by atoms with Crippen LogP contribution < -0.4 is 5.32 Å². The Morgan fingerprint density at radius 3 is 2.47 bits per heavy atom. The Morgan fingerprint density at radius 2 is 2.07 bits per heavy atom. The van der Waals surface area contributed by atoms with Crippen molar-refractivity contribution in [3.05, 3.63) is 0 Å². The number of piperidine rings is 1. The van der Waals surface area contributed by atoms with E-state index in [4.69, 9.17) is 4.74 Å². The highest BCUT2D eigenvalue weighted by molar-refractivity contribution is 4.97. The molecule has 0 bridgehead atoms. The van der Waals surface area contributed by atoms with Crippen LogP contribution in [0.25, 0.3) is 0 Å². The maximum atomic E-state index is 5.49. The van der Waals surface area contributed by atoms with Crippen LogP contribution in [0.3, 0.4) is 0 Å². The molecule has 2 rings (SSSR count). The van der Waals surface area contributed by atoms with Crippen LogP contribution in [-0.4, -0.2) is 26.3 Å². The van der Waals surface area contributed by atoms with Gasteiger partial charge in [-0.15, -0.1) is 0 Å². The third-order valence-corrected chi connectivity index (χ3v) is 4.43. The maximum absolute atomic E-state index is 5.49. The molecule has 2 fully saturated rings. The molecule has 1 unspecified atom stereocenters. The molecular weight excluding hydrogens is 186 g/mol. The molecule has 2 heterocycles. The summed E-state index contributed by atoms with van der Waals surface area (Å²) in [7, 11) is 0. The molecule has 15 heavy (non-hydrogen) atoms. The summed E-state index contributed by atoms with van der Waals surface area (Å²) >= 11 is 0. The van der Waals surface area contributed by atoms with Crippen molar-refractivity contribution in [3.8, 4) is 0 Å². The molecule has 88 valence electrons. The summed E-state index contributed by atoms with van der Waals surface area (Å²) in [6.07, 6.45) is 4.11. The number of ether oxygens (including phenoxy) is 1. The van der Waals surface area contributed by atoms with Gasteiger partial charge in [-0.1, -0.05) is 20.8 Å². The molecule has 0 spiro atoms. The second-order valence-corrected chi connectivity index (χ2v) is 6.44. The first-order chi connectivity index (χ1) is 7.04. The topological polar surface area (TPSA) is 21.3 Å². The Hall–Kier alpha value is -0.0800. The molecule has 0 aromatic carbocycles. The molecule has 0 aliphatic carbocycles. The summed E-state index contributed by atoms with van der Waals surface area (Å²) < 4.78 is 5.49. The van der Waals surface area contributed by atoms with Gasteiger partial charge in [0.1, 0.15) is 0 Å². The lowest BCUT2D eigenvalue weighted by molar-refractivity contribution is -0.181. The molecule has 2 aliphatic heterocycles. The summed E-state index contributed by atoms with van der Waals surface area (Å²) in [5, 5.41) is 3.52. The maximum Gasteiger partial charge on any atom is 0.0549 e. The first-order valence-electron chi connectivity index (χ1n) is 6.32. The van der Waals surface area contributed by atoms with E-state index in [2.05, 4.69) is 26.1 Å². The molecule has 0 aromatic rings. The van der Waals surface area contributed by atoms with E-state index in [9.17, 15) is 0 Å². The second-order valence-electron chi connectivity index (χ2n) is 6.44. The Balaban J connectivity index is 1.95. The molecule has 2 nitrogen and oxygen atoms in total. The Kier molecular flexibility index (Phi) is 3.09. The van der Waals surface area contributed by atoms with Crippen LogP contribution >= 0.6 is 0 Å². The van der Waals surface area contributed by atoms with Crippen molar-refractivity contribution >= 4 is 0 Å². The molecule has 2 heteroatoms. The Morgan fingerprint density at radius 1 is 1.33 bits per heavy atom. The lowest BCUT2D eigenvalue weighted by atomic mass is 9.60. The quantitative estimate of drug-likeness (QED) is 0.757. The zero-order valence-electron chi connectivity index (χ0n) is 10.4. The van der Waals surface area contributed by atoms with Gasteiger partial charge in [0.2, 0.25) is 0 Å². The number of rotatable bonds is 2. The van der Waals surface area contributed by atoms with Crippen molar-refractivity contribution in [2.45, 2.75) is 40.0 Å². The molecule has 1 atom stereocenters. The fraction of sp³-hybridized carbons (Fsp3) is 1.00. The fourth-order valence-corrected chi connectivity index (χ4v) is 2.86. The first kappa shape index (κ1) is 11.4. The monoisotopic (exact) mass is 211 g/mol. The third kappa shape index (κ3) is 2.21. The highest BCUT2D eigenvalue weighted by atomic mass is 16.5. The minimum atomic E-state index is 0.392. The average Bonchev–Trinajstić information content (AvgIpc) is 2.11. The average molecular weight is 211 g/mol. The number of nitrogens with one attached hydrogen (secondary N) is 1. The van der Waals surface area contributed by atoms with Crippen molar-refractivity contribution in [1.29, 1.82) is 0 Å². The van der Waals surface area contributed by atoms with E-state index < -0.39 is 0 Å². The van der Waals surface area contributed by atoms with Gasteiger partial charge in [-0.2, -0.15) is 0 Å². The van der Waals surface area contributed by atoms with Crippen LogP contribution in [0.2, 0.25) is 0 Å². The van der Waals surface area contributed by atoms with Crippen molar-refractivity contribution in [2.75, 3.05) is 26.3 Å². The van der Waals surface area contributed by atoms with E-state index in [1.165, 1.54) is 32.4 Å². The summed E-state index contributed by atoms with van der Waals surface area (Å²) in [5.74, 6) is 0.877. The van der Waals surface area contributed by atoms with E-state index in [0.717, 1.165) is 19.1 Å². The molecule has 0 saturated carbocycles. The summed E-state index contributed by atoms with van der Waals surface area (Å²) in [5.41, 5.74) is 0.847. The van der Waals surface area contributed by atoms with E-state index in [1.54, 1.807) is 0 Å². The van der Waals surface area contributed by atoms with Gasteiger partial charge in [-0.3, -0.25) is 0 Å². The smallest absolute Gasteiger partial charge is 0.0549 e. The number of hydrogen-bond donors (Lipinski definition) is 1. The zero-order valence-corrected chi connectivity index (χ0v) is 10.4. The highest BCUT2D eigenvalue weighted by Crippen LogP contribution is 2.49. The van der Waals surface area contributed by atoms with E-state index >= 15 is 0 Å². The third-order valence-electron chi connectivity index (χ3n) is 4.43. The first-order valence-corrected chi connectivity index (χ1v) is 6.32. The molecule has 0 amide bonds. The van der Waals surface area contributed by atoms with Crippen LogP contribution in [0.1, 0.15) is 40.0 Å². The van der Waals surface area contributed by atoms with Crippen LogP contribution in [-0.2, 0) is 4.74 Å². The summed E-state index contributed by atoms with van der Waals surface area (Å²) in [6, 6.07) is 0. The molecule has 0 radical (unpaired) electrons. The summed E-state index contributed by atoms with van der Waals surface area (Å²) in [6.45, 7) is 11.5. The van der Waals surface area contributed by atoms with Crippen LogP contribution in [0.4, 0.5) is 0 Å². The van der Waals surface area contributed by atoms with Gasteiger partial charge >= 0.3 is 0 Å². The Labute approximate surface area is 93.8 Å². The minimum absolute atomic E-state index is 0.392. The van der Waals surface area contributed by atoms with Gasteiger partial charge in [0, 0.05) is 5.41 Å². The second kappa shape index (κ2) is 4.06. The Bertz CT molecular complexity index is 209. The largest absolute Gasteiger partial charge is 0.380 e. The lowest BCUT2D eigenvalue weighted by Gasteiger charge is -2.53. The normalized spacial score (nSPS) is 31.0. The molecular formula is C13H25NO. The van der Waals surface area contributed by atoms with Gasteiger partial charge in [-0.25, -0.2) is 0 Å². The summed E-state index contributed by atoms with van der Waals surface area (Å²) in [4.78, 5) is 0. The minimum Gasteiger partial charge on any atom is -0.380 e. The number of hydrogen-bond acceptors (Lipinski definition) is 2. The van der Waals surface area contributed by atoms with E-state index in [-0.39, 0.29) is 0 Å². The van der Waals surface area contributed by atoms with E-state index in [1.807, 2.05) is 0 Å². The fourth-order valence-electron chi connectivity index (χ4n) is 2.86. The van der Waals surface area contributed by atoms with Crippen molar-refractivity contribution in [3.63, 3.8) is 0 Å². The SMILES string of the molecule is CC(C)(C)C1(CC2CCCNC2)COC1. The predicted molar refractivity (Wildman–Crippen MR) is 62.9 cm³/mol. The van der Waals surface area contributed by atoms with Gasteiger partial charge in [-0.05, 0) is 43.7 Å². The van der Waals surface area contributed by atoms with Crippen molar-refractivity contribution in [2.24, 2.45) is 16.7 Å². The molecule has 2 aliphatic rings. The molecule has 1 N–H and O–H groups in total. The van der Waals surface area contributed by atoms with Gasteiger partial charge in [0.05, 0.1) is 13.2 Å². The van der Waals surface area contributed by atoms with Gasteiger partial charge in [0.25, 0.3) is 0 Å². The van der Waals surface area contributed by atoms with Gasteiger partial charge < -0.3 is 10.1 Å². The predicted octanol–water partition coefficient (Wildman–Crippen LogP) is 2.44. The van der Waals surface area contributed by atoms with Crippen LogP contribution in [0.5, 0.6) is 0 Å². The molecule has 2 saturated heterocycles. The van der Waals surface area contributed by atoms with Gasteiger partial charge in [0.15, 0.2) is 0 Å². The van der Waals surface area contributed by atoms with Crippen molar-refractivity contribution < 1.29 is 4.74 Å². The molecule has 0 aromatic heterocycles. The standard InChI is InChI=1S/C13H25NO/c1-12(2,3)13(9-15-10-13)7-11-5-4-6-14-8-11/h11,14H,4-10H2,1-3H3. The highest BCUT2D eigenvalue weighted by Gasteiger charge is 2.49. The van der Waals surface area contributed by atoms with Crippen LogP contribution in [0.15, 0.2) is 0 Å². The van der Waals surface area contributed by atoms with Crippen LogP contribution in [0, 0.1) is 16.7 Å². The zero-order chi connectivity index (χ0) is 10.9. The van der Waals surface area contributed by atoms with E-state index in [0.29, 0.717) is 10.8 Å². The van der Waals surface area contributed by atoms with Crippen molar-refractivity contribution in [1.82, 2.24) is 5.32 Å².